The summed E-state index contributed by atoms with van der Waals surface area (Å²) >= 11 is 0. The largest absolute Gasteiger partial charge is 0.396 e. The summed E-state index contributed by atoms with van der Waals surface area (Å²) in [5.41, 5.74) is 0. The smallest absolute Gasteiger partial charge is 0.0474 e. The zero-order chi connectivity index (χ0) is 11.5. The number of aliphatic hydroxyl groups excluding tert-OH is 1. The molecule has 0 aromatic heterocycles. The van der Waals surface area contributed by atoms with Gasteiger partial charge in [-0.15, -0.1) is 0 Å². The maximum atomic E-state index is 9.33. The average molecular weight is 225 g/mol. The van der Waals surface area contributed by atoms with Crippen LogP contribution in [0.15, 0.2) is 0 Å². The predicted molar refractivity (Wildman–Crippen MR) is 67.3 cm³/mol. The van der Waals surface area contributed by atoms with Gasteiger partial charge >= 0.3 is 0 Å². The lowest BCUT2D eigenvalue weighted by Gasteiger charge is -2.35. The molecule has 2 fully saturated rings. The Balaban J connectivity index is 1.84. The van der Waals surface area contributed by atoms with Crippen molar-refractivity contribution in [2.24, 2.45) is 17.8 Å². The fourth-order valence-electron chi connectivity index (χ4n) is 3.86. The van der Waals surface area contributed by atoms with E-state index in [-0.39, 0.29) is 0 Å². The minimum absolute atomic E-state index is 0.371. The van der Waals surface area contributed by atoms with Crippen molar-refractivity contribution < 1.29 is 5.11 Å². The molecule has 0 radical (unpaired) electrons. The van der Waals surface area contributed by atoms with Crippen LogP contribution in [0, 0.1) is 17.8 Å². The summed E-state index contributed by atoms with van der Waals surface area (Å²) < 4.78 is 0. The minimum atomic E-state index is 0.371. The van der Waals surface area contributed by atoms with Crippen molar-refractivity contribution in [2.45, 2.75) is 64.5 Å². The van der Waals surface area contributed by atoms with Crippen molar-refractivity contribution in [1.29, 1.82) is 0 Å². The van der Waals surface area contributed by atoms with Gasteiger partial charge in [0, 0.05) is 18.7 Å². The van der Waals surface area contributed by atoms with Crippen LogP contribution in [0.3, 0.4) is 0 Å². The fourth-order valence-corrected chi connectivity index (χ4v) is 3.86. The van der Waals surface area contributed by atoms with E-state index in [4.69, 9.17) is 0 Å². The molecule has 0 heterocycles. The highest BCUT2D eigenvalue weighted by Crippen LogP contribution is 2.31. The zero-order valence-corrected chi connectivity index (χ0v) is 10.8. The van der Waals surface area contributed by atoms with Gasteiger partial charge in [-0.25, -0.2) is 0 Å². The molecular weight excluding hydrogens is 198 g/mol. The Hall–Kier alpha value is -0.0800. The summed E-state index contributed by atoms with van der Waals surface area (Å²) in [7, 11) is 0. The third kappa shape index (κ3) is 2.98. The van der Waals surface area contributed by atoms with E-state index in [0.717, 1.165) is 11.8 Å². The van der Waals surface area contributed by atoms with Crippen molar-refractivity contribution in [3.63, 3.8) is 0 Å². The first-order chi connectivity index (χ1) is 7.69. The first-order valence-electron chi connectivity index (χ1n) is 7.06. The monoisotopic (exact) mass is 225 g/mol. The summed E-state index contributed by atoms with van der Waals surface area (Å²) in [5.74, 6) is 2.26. The molecule has 0 aliphatic heterocycles. The minimum Gasteiger partial charge on any atom is -0.396 e. The van der Waals surface area contributed by atoms with Crippen LogP contribution in [0.2, 0.25) is 0 Å². The van der Waals surface area contributed by atoms with E-state index in [1.165, 1.54) is 38.5 Å². The Labute approximate surface area is 99.8 Å². The highest BCUT2D eigenvalue weighted by atomic mass is 16.3. The lowest BCUT2D eigenvalue weighted by molar-refractivity contribution is 0.174. The molecule has 0 amide bonds. The Morgan fingerprint density at radius 1 is 1.06 bits per heavy atom. The van der Waals surface area contributed by atoms with E-state index in [1.807, 2.05) is 0 Å². The Morgan fingerprint density at radius 2 is 1.75 bits per heavy atom. The van der Waals surface area contributed by atoms with Crippen molar-refractivity contribution >= 4 is 0 Å². The molecular formula is C14H27NO. The molecule has 0 aromatic carbocycles. The number of rotatable bonds is 3. The van der Waals surface area contributed by atoms with Gasteiger partial charge in [0.25, 0.3) is 0 Å². The molecule has 16 heavy (non-hydrogen) atoms. The number of nitrogens with one attached hydrogen (secondary N) is 1. The molecule has 94 valence electrons. The molecule has 4 atom stereocenters. The van der Waals surface area contributed by atoms with Gasteiger partial charge in [-0.1, -0.05) is 20.3 Å². The lowest BCUT2D eigenvalue weighted by Crippen LogP contribution is -2.44. The van der Waals surface area contributed by atoms with Gasteiger partial charge in [-0.2, -0.15) is 0 Å². The summed E-state index contributed by atoms with van der Waals surface area (Å²) in [6.45, 7) is 5.13. The molecule has 2 aliphatic carbocycles. The van der Waals surface area contributed by atoms with Crippen LogP contribution in [0.25, 0.3) is 0 Å². The van der Waals surface area contributed by atoms with E-state index < -0.39 is 0 Å². The molecule has 0 saturated heterocycles. The van der Waals surface area contributed by atoms with Crippen molar-refractivity contribution in [1.82, 2.24) is 5.32 Å². The van der Waals surface area contributed by atoms with Crippen molar-refractivity contribution in [3.8, 4) is 0 Å². The van der Waals surface area contributed by atoms with E-state index in [2.05, 4.69) is 19.2 Å². The first-order valence-corrected chi connectivity index (χ1v) is 7.06. The van der Waals surface area contributed by atoms with E-state index in [9.17, 15) is 5.11 Å². The maximum Gasteiger partial charge on any atom is 0.0474 e. The van der Waals surface area contributed by atoms with Gasteiger partial charge in [-0.3, -0.25) is 0 Å². The third-order valence-electron chi connectivity index (χ3n) is 4.52. The van der Waals surface area contributed by atoms with Gasteiger partial charge in [0.2, 0.25) is 0 Å². The van der Waals surface area contributed by atoms with Crippen LogP contribution in [0.5, 0.6) is 0 Å². The molecule has 2 saturated carbocycles. The van der Waals surface area contributed by atoms with Crippen LogP contribution in [0.1, 0.15) is 52.4 Å². The molecule has 0 spiro atoms. The maximum absolute atomic E-state index is 9.33. The second-order valence-corrected chi connectivity index (χ2v) is 6.26. The van der Waals surface area contributed by atoms with Gasteiger partial charge in [0.05, 0.1) is 0 Å². The van der Waals surface area contributed by atoms with Gasteiger partial charge in [0.1, 0.15) is 0 Å². The van der Waals surface area contributed by atoms with Crippen LogP contribution >= 0.6 is 0 Å². The van der Waals surface area contributed by atoms with E-state index >= 15 is 0 Å². The molecule has 0 aromatic rings. The number of aliphatic hydroxyl groups is 1. The van der Waals surface area contributed by atoms with Crippen LogP contribution in [-0.4, -0.2) is 23.8 Å². The summed E-state index contributed by atoms with van der Waals surface area (Å²) in [6.07, 6.45) is 7.83. The molecule has 2 nitrogen and oxygen atoms in total. The zero-order valence-electron chi connectivity index (χ0n) is 10.8. The van der Waals surface area contributed by atoms with Crippen molar-refractivity contribution in [2.75, 3.05) is 6.61 Å². The molecule has 2 heteroatoms. The number of hydrogen-bond acceptors (Lipinski definition) is 2. The van der Waals surface area contributed by atoms with E-state index in [0.29, 0.717) is 24.6 Å². The fraction of sp³-hybridized carbons (Fsp3) is 1.00. The van der Waals surface area contributed by atoms with Crippen LogP contribution in [0.4, 0.5) is 0 Å². The highest BCUT2D eigenvalue weighted by molar-refractivity contribution is 4.88. The Bertz CT molecular complexity index is 209. The Kier molecular flexibility index (Phi) is 4.26. The standard InChI is InChI=1S/C14H27NO/c1-10-6-11(2)8-13(7-10)15-14-5-3-4-12(14)9-16/h10-16H,3-9H2,1-2H3. The van der Waals surface area contributed by atoms with Crippen LogP contribution < -0.4 is 5.32 Å². The summed E-state index contributed by atoms with van der Waals surface area (Å²) in [6, 6.07) is 1.29. The topological polar surface area (TPSA) is 32.3 Å². The molecule has 0 bridgehead atoms. The Morgan fingerprint density at radius 3 is 2.38 bits per heavy atom. The van der Waals surface area contributed by atoms with Crippen molar-refractivity contribution in [3.05, 3.63) is 0 Å². The highest BCUT2D eigenvalue weighted by Gasteiger charge is 2.31. The molecule has 2 aliphatic rings. The van der Waals surface area contributed by atoms with E-state index in [1.54, 1.807) is 0 Å². The second kappa shape index (κ2) is 5.50. The number of hydrogen-bond donors (Lipinski definition) is 2. The normalized spacial score (nSPS) is 44.8. The van der Waals surface area contributed by atoms with Gasteiger partial charge in [0.15, 0.2) is 0 Å². The lowest BCUT2D eigenvalue weighted by atomic mass is 9.80. The average Bonchev–Trinajstić information content (AvgIpc) is 2.63. The van der Waals surface area contributed by atoms with Gasteiger partial charge in [-0.05, 0) is 49.9 Å². The quantitative estimate of drug-likeness (QED) is 0.773. The molecule has 2 rings (SSSR count). The predicted octanol–water partition coefficient (Wildman–Crippen LogP) is 2.56. The summed E-state index contributed by atoms with van der Waals surface area (Å²) in [5, 5.41) is 13.1. The molecule has 4 unspecified atom stereocenters. The SMILES string of the molecule is CC1CC(C)CC(NC2CCCC2CO)C1. The third-order valence-corrected chi connectivity index (χ3v) is 4.52. The van der Waals surface area contributed by atoms with Crippen LogP contribution in [-0.2, 0) is 0 Å². The second-order valence-electron chi connectivity index (χ2n) is 6.26. The molecule has 2 N–H and O–H groups in total. The summed E-state index contributed by atoms with van der Waals surface area (Å²) in [4.78, 5) is 0. The van der Waals surface area contributed by atoms with Gasteiger partial charge < -0.3 is 10.4 Å². The first kappa shape index (κ1) is 12.4.